The zero-order valence-corrected chi connectivity index (χ0v) is 7.85. The third-order valence-corrected chi connectivity index (χ3v) is 3.10. The van der Waals surface area contributed by atoms with Crippen molar-refractivity contribution in [3.63, 3.8) is 0 Å². The fourth-order valence-corrected chi connectivity index (χ4v) is 2.41. The average molecular weight is 168 g/mol. The van der Waals surface area contributed by atoms with Gasteiger partial charge < -0.3 is 4.74 Å². The highest BCUT2D eigenvalue weighted by Crippen LogP contribution is 2.45. The second-order valence-electron chi connectivity index (χ2n) is 4.63. The lowest BCUT2D eigenvalue weighted by molar-refractivity contribution is -0.145. The van der Waals surface area contributed by atoms with Crippen LogP contribution in [0.4, 0.5) is 0 Å². The smallest absolute Gasteiger partial charge is 0.164 e. The summed E-state index contributed by atoms with van der Waals surface area (Å²) in [6, 6.07) is 0. The van der Waals surface area contributed by atoms with Gasteiger partial charge in [-0.25, -0.2) is 0 Å². The Morgan fingerprint density at radius 2 is 2.00 bits per heavy atom. The number of ether oxygens (including phenoxy) is 1. The highest BCUT2D eigenvalue weighted by Gasteiger charge is 2.51. The Hall–Kier alpha value is -0.370. The first-order valence-electron chi connectivity index (χ1n) is 4.78. The Bertz CT molecular complexity index is 220. The van der Waals surface area contributed by atoms with Gasteiger partial charge in [0.05, 0.1) is 5.60 Å². The van der Waals surface area contributed by atoms with Crippen molar-refractivity contribution >= 4 is 5.78 Å². The van der Waals surface area contributed by atoms with Crippen LogP contribution in [0.25, 0.3) is 0 Å². The number of carbonyl (C=O) groups excluding carboxylic acids is 1. The second-order valence-corrected chi connectivity index (χ2v) is 4.63. The normalized spacial score (nSPS) is 39.7. The molecule has 1 aliphatic carbocycles. The highest BCUT2D eigenvalue weighted by atomic mass is 16.5. The maximum absolute atomic E-state index is 11.6. The maximum atomic E-state index is 11.6. The third-order valence-electron chi connectivity index (χ3n) is 3.10. The molecule has 12 heavy (non-hydrogen) atoms. The molecule has 0 aromatic heterocycles. The van der Waals surface area contributed by atoms with E-state index in [1.165, 1.54) is 0 Å². The molecule has 0 unspecified atom stereocenters. The lowest BCUT2D eigenvalue weighted by atomic mass is 9.95. The summed E-state index contributed by atoms with van der Waals surface area (Å²) in [4.78, 5) is 11.6. The Kier molecular flexibility index (Phi) is 1.59. The molecule has 68 valence electrons. The van der Waals surface area contributed by atoms with Crippen molar-refractivity contribution in [1.29, 1.82) is 0 Å². The van der Waals surface area contributed by atoms with E-state index in [9.17, 15) is 4.79 Å². The quantitative estimate of drug-likeness (QED) is 0.553. The number of hydrogen-bond donors (Lipinski definition) is 0. The summed E-state index contributed by atoms with van der Waals surface area (Å²) in [7, 11) is 0. The van der Waals surface area contributed by atoms with E-state index in [4.69, 9.17) is 4.74 Å². The van der Waals surface area contributed by atoms with Gasteiger partial charge in [-0.15, -0.1) is 0 Å². The molecule has 2 heteroatoms. The minimum atomic E-state index is -0.358. The van der Waals surface area contributed by atoms with E-state index in [-0.39, 0.29) is 11.2 Å². The Morgan fingerprint density at radius 1 is 1.25 bits per heavy atom. The van der Waals surface area contributed by atoms with Gasteiger partial charge in [-0.3, -0.25) is 4.79 Å². The first kappa shape index (κ1) is 8.24. The summed E-state index contributed by atoms with van der Waals surface area (Å²) in [5.74, 6) is 0.341. The van der Waals surface area contributed by atoms with Gasteiger partial charge in [-0.1, -0.05) is 0 Å². The van der Waals surface area contributed by atoms with Gasteiger partial charge in [0.1, 0.15) is 5.60 Å². The van der Waals surface area contributed by atoms with Crippen molar-refractivity contribution in [2.24, 2.45) is 0 Å². The first-order chi connectivity index (χ1) is 5.54. The number of hydrogen-bond acceptors (Lipinski definition) is 2. The molecule has 1 spiro atoms. The molecule has 0 aromatic carbocycles. The van der Waals surface area contributed by atoms with E-state index >= 15 is 0 Å². The lowest BCUT2D eigenvalue weighted by Gasteiger charge is -2.25. The number of rotatable bonds is 0. The van der Waals surface area contributed by atoms with Crippen LogP contribution >= 0.6 is 0 Å². The van der Waals surface area contributed by atoms with Crippen LogP contribution in [0.15, 0.2) is 0 Å². The summed E-state index contributed by atoms with van der Waals surface area (Å²) >= 11 is 0. The van der Waals surface area contributed by atoms with E-state index in [2.05, 4.69) is 13.8 Å². The predicted octanol–water partition coefficient (Wildman–Crippen LogP) is 2.07. The van der Waals surface area contributed by atoms with Gasteiger partial charge in [0, 0.05) is 6.42 Å². The van der Waals surface area contributed by atoms with Crippen molar-refractivity contribution in [3.05, 3.63) is 0 Å². The van der Waals surface area contributed by atoms with E-state index in [0.29, 0.717) is 5.78 Å². The summed E-state index contributed by atoms with van der Waals surface area (Å²) in [5.41, 5.74) is -0.427. The second kappa shape index (κ2) is 2.32. The van der Waals surface area contributed by atoms with Crippen LogP contribution in [0, 0.1) is 0 Å². The molecular formula is C10H16O2. The van der Waals surface area contributed by atoms with Crippen LogP contribution < -0.4 is 0 Å². The van der Waals surface area contributed by atoms with Crippen LogP contribution in [-0.2, 0) is 9.53 Å². The van der Waals surface area contributed by atoms with Crippen molar-refractivity contribution in [1.82, 2.24) is 0 Å². The fourth-order valence-electron chi connectivity index (χ4n) is 2.41. The van der Waals surface area contributed by atoms with Crippen LogP contribution in [0.1, 0.15) is 46.0 Å². The van der Waals surface area contributed by atoms with Crippen molar-refractivity contribution in [2.45, 2.75) is 57.2 Å². The van der Waals surface area contributed by atoms with Gasteiger partial charge in [0.25, 0.3) is 0 Å². The molecule has 0 amide bonds. The fraction of sp³-hybridized carbons (Fsp3) is 0.900. The van der Waals surface area contributed by atoms with Crippen LogP contribution in [0.5, 0.6) is 0 Å². The molecule has 2 aliphatic rings. The molecule has 0 aromatic rings. The van der Waals surface area contributed by atoms with Crippen molar-refractivity contribution in [2.75, 3.05) is 0 Å². The number of ketones is 1. The Balaban J connectivity index is 2.19. The minimum Gasteiger partial charge on any atom is -0.361 e. The zero-order valence-electron chi connectivity index (χ0n) is 7.85. The third kappa shape index (κ3) is 1.09. The average Bonchev–Trinajstić information content (AvgIpc) is 2.43. The molecular weight excluding hydrogens is 152 g/mol. The molecule has 0 radical (unpaired) electrons. The first-order valence-corrected chi connectivity index (χ1v) is 4.78. The largest absolute Gasteiger partial charge is 0.361 e. The Labute approximate surface area is 73.3 Å². The molecule has 1 saturated heterocycles. The molecule has 0 bridgehead atoms. The molecule has 2 nitrogen and oxygen atoms in total. The highest BCUT2D eigenvalue weighted by molar-refractivity contribution is 5.89. The standard InChI is InChI=1S/C10H16O2/c1-9(2)6-7-10(12-9)5-3-4-8(10)11/h3-7H2,1-2H3/t10-/m0/s1. The monoisotopic (exact) mass is 168 g/mol. The zero-order chi connectivity index (χ0) is 8.82. The van der Waals surface area contributed by atoms with Crippen molar-refractivity contribution < 1.29 is 9.53 Å². The lowest BCUT2D eigenvalue weighted by Crippen LogP contribution is -2.35. The topological polar surface area (TPSA) is 26.3 Å². The molecule has 1 saturated carbocycles. The molecule has 2 fully saturated rings. The molecule has 1 aliphatic heterocycles. The van der Waals surface area contributed by atoms with Crippen LogP contribution in [0.3, 0.4) is 0 Å². The van der Waals surface area contributed by atoms with E-state index in [1.807, 2.05) is 0 Å². The molecule has 1 heterocycles. The summed E-state index contributed by atoms with van der Waals surface area (Å²) in [6.45, 7) is 4.15. The van der Waals surface area contributed by atoms with Gasteiger partial charge in [0.2, 0.25) is 0 Å². The van der Waals surface area contributed by atoms with E-state index in [0.717, 1.165) is 32.1 Å². The van der Waals surface area contributed by atoms with Gasteiger partial charge >= 0.3 is 0 Å². The summed E-state index contributed by atoms with van der Waals surface area (Å²) < 4.78 is 5.86. The molecule has 0 N–H and O–H groups in total. The van der Waals surface area contributed by atoms with Gasteiger partial charge in [0.15, 0.2) is 5.78 Å². The predicted molar refractivity (Wildman–Crippen MR) is 46.0 cm³/mol. The van der Waals surface area contributed by atoms with Crippen molar-refractivity contribution in [3.8, 4) is 0 Å². The van der Waals surface area contributed by atoms with Gasteiger partial charge in [-0.2, -0.15) is 0 Å². The van der Waals surface area contributed by atoms with Crippen LogP contribution in [-0.4, -0.2) is 17.0 Å². The van der Waals surface area contributed by atoms with Crippen LogP contribution in [0.2, 0.25) is 0 Å². The van der Waals surface area contributed by atoms with E-state index in [1.54, 1.807) is 0 Å². The molecule has 1 atom stereocenters. The number of carbonyl (C=O) groups is 1. The van der Waals surface area contributed by atoms with Gasteiger partial charge in [-0.05, 0) is 39.5 Å². The van der Waals surface area contributed by atoms with E-state index < -0.39 is 0 Å². The number of Topliss-reactive ketones (excluding diaryl/α,β-unsaturated/α-hetero) is 1. The minimum absolute atomic E-state index is 0.0694. The summed E-state index contributed by atoms with van der Waals surface area (Å²) in [5, 5.41) is 0. The Morgan fingerprint density at radius 3 is 2.42 bits per heavy atom. The molecule has 2 rings (SSSR count). The SMILES string of the molecule is CC1(C)CC[C@]2(CCCC2=O)O1. The summed E-state index contributed by atoms with van der Waals surface area (Å²) in [6.07, 6.45) is 4.68. The maximum Gasteiger partial charge on any atom is 0.164 e.